The highest BCUT2D eigenvalue weighted by Crippen LogP contribution is 2.17. The molecule has 9 nitrogen and oxygen atoms in total. The van der Waals surface area contributed by atoms with Crippen molar-refractivity contribution in [3.63, 3.8) is 0 Å². The summed E-state index contributed by atoms with van der Waals surface area (Å²) in [6.45, 7) is 4.58. The number of hydrogen-bond donors (Lipinski definition) is 0. The highest BCUT2D eigenvalue weighted by Gasteiger charge is 2.22. The Morgan fingerprint density at radius 1 is 0.413 bits per heavy atom. The number of carboxylic acid groups (broad SMARTS) is 1. The lowest BCUT2D eigenvalue weighted by molar-refractivity contribution is -0.870. The van der Waals surface area contributed by atoms with Crippen molar-refractivity contribution in [2.45, 2.75) is 283 Å². The van der Waals surface area contributed by atoms with Crippen molar-refractivity contribution in [2.24, 2.45) is 0 Å². The van der Waals surface area contributed by atoms with Gasteiger partial charge in [-0.15, -0.1) is 0 Å². The molecule has 0 aromatic rings. The van der Waals surface area contributed by atoms with Gasteiger partial charge in [0.1, 0.15) is 13.2 Å². The molecule has 434 valence electrons. The SMILES string of the molecule is CC/C=C\C/C=C\C/C=C\C/C=C\C/C=C\CCCC(=O)OC(COC(=O)CCCCCCCCCCCCCCCCCCCCCCC/C=C\CCCCCCCCCC)COC(OCC[N+](C)(C)C)C(=O)[O-]. The van der Waals surface area contributed by atoms with E-state index < -0.39 is 24.3 Å². The Balaban J connectivity index is 4.11. The quantitative estimate of drug-likeness (QED) is 0.0195. The summed E-state index contributed by atoms with van der Waals surface area (Å²) in [5.41, 5.74) is 0. The minimum Gasteiger partial charge on any atom is -0.545 e. The molecule has 0 aliphatic carbocycles. The molecule has 0 aliphatic rings. The zero-order valence-electron chi connectivity index (χ0n) is 49.4. The van der Waals surface area contributed by atoms with E-state index in [-0.39, 0.29) is 38.6 Å². The molecule has 0 saturated carbocycles. The zero-order chi connectivity index (χ0) is 54.8. The summed E-state index contributed by atoms with van der Waals surface area (Å²) >= 11 is 0. The number of carbonyl (C=O) groups is 3. The summed E-state index contributed by atoms with van der Waals surface area (Å²) in [7, 11) is 5.90. The van der Waals surface area contributed by atoms with E-state index in [1.807, 2.05) is 21.1 Å². The third-order valence-electron chi connectivity index (χ3n) is 13.4. The Hall–Kier alpha value is -3.27. The number of hydrogen-bond acceptors (Lipinski definition) is 8. The Morgan fingerprint density at radius 2 is 0.773 bits per heavy atom. The Kier molecular flexibility index (Phi) is 54.4. The second kappa shape index (κ2) is 56.9. The number of quaternary nitrogens is 1. The number of carbonyl (C=O) groups excluding carboxylic acids is 3. The van der Waals surface area contributed by atoms with E-state index >= 15 is 0 Å². The smallest absolute Gasteiger partial charge is 0.306 e. The van der Waals surface area contributed by atoms with Gasteiger partial charge in [-0.05, 0) is 77.0 Å². The first-order valence-electron chi connectivity index (χ1n) is 31.1. The van der Waals surface area contributed by atoms with Gasteiger partial charge < -0.3 is 33.3 Å². The highest BCUT2D eigenvalue weighted by molar-refractivity contribution is 5.70. The van der Waals surface area contributed by atoms with E-state index in [0.29, 0.717) is 23.9 Å². The van der Waals surface area contributed by atoms with Crippen molar-refractivity contribution in [1.29, 1.82) is 0 Å². The van der Waals surface area contributed by atoms with Gasteiger partial charge in [-0.25, -0.2) is 0 Å². The molecule has 0 N–H and O–H groups in total. The van der Waals surface area contributed by atoms with Crippen molar-refractivity contribution in [2.75, 3.05) is 47.5 Å². The molecule has 0 radical (unpaired) electrons. The van der Waals surface area contributed by atoms with Crippen molar-refractivity contribution in [3.8, 4) is 0 Å². The number of allylic oxidation sites excluding steroid dienone is 12. The Labute approximate surface area is 462 Å². The second-order valence-corrected chi connectivity index (χ2v) is 22.0. The third-order valence-corrected chi connectivity index (χ3v) is 13.4. The van der Waals surface area contributed by atoms with Gasteiger partial charge in [0.15, 0.2) is 12.4 Å². The number of esters is 2. The van der Waals surface area contributed by atoms with Crippen LogP contribution in [0.1, 0.15) is 271 Å². The number of rotatable bonds is 57. The summed E-state index contributed by atoms with van der Waals surface area (Å²) < 4.78 is 22.6. The molecule has 0 aliphatic heterocycles. The molecule has 0 fully saturated rings. The van der Waals surface area contributed by atoms with Crippen LogP contribution >= 0.6 is 0 Å². The topological polar surface area (TPSA) is 111 Å². The van der Waals surface area contributed by atoms with Crippen LogP contribution in [0.2, 0.25) is 0 Å². The average molecular weight is 1050 g/mol. The van der Waals surface area contributed by atoms with Gasteiger partial charge >= 0.3 is 11.9 Å². The zero-order valence-corrected chi connectivity index (χ0v) is 49.4. The summed E-state index contributed by atoms with van der Waals surface area (Å²) in [5, 5.41) is 11.8. The highest BCUT2D eigenvalue weighted by atomic mass is 16.7. The molecule has 0 heterocycles. The van der Waals surface area contributed by atoms with Crippen LogP contribution in [-0.2, 0) is 33.3 Å². The van der Waals surface area contributed by atoms with Gasteiger partial charge in [0, 0.05) is 12.8 Å². The third kappa shape index (κ3) is 58.3. The summed E-state index contributed by atoms with van der Waals surface area (Å²) in [4.78, 5) is 37.3. The van der Waals surface area contributed by atoms with E-state index in [4.69, 9.17) is 18.9 Å². The van der Waals surface area contributed by atoms with Crippen LogP contribution in [0.4, 0.5) is 0 Å². The molecule has 2 unspecified atom stereocenters. The minimum absolute atomic E-state index is 0.135. The molecule has 0 aromatic heterocycles. The van der Waals surface area contributed by atoms with Crippen molar-refractivity contribution >= 4 is 17.9 Å². The number of carboxylic acids is 1. The summed E-state index contributed by atoms with van der Waals surface area (Å²) in [6, 6.07) is 0. The maximum absolute atomic E-state index is 12.8. The lowest BCUT2D eigenvalue weighted by Crippen LogP contribution is -2.44. The second-order valence-electron chi connectivity index (χ2n) is 22.0. The van der Waals surface area contributed by atoms with Crippen LogP contribution < -0.4 is 5.11 Å². The minimum atomic E-state index is -1.64. The lowest BCUT2D eigenvalue weighted by atomic mass is 10.0. The van der Waals surface area contributed by atoms with E-state index in [1.165, 1.54) is 180 Å². The fourth-order valence-electron chi connectivity index (χ4n) is 8.69. The lowest BCUT2D eigenvalue weighted by Gasteiger charge is -2.26. The first kappa shape index (κ1) is 71.7. The van der Waals surface area contributed by atoms with Gasteiger partial charge in [-0.2, -0.15) is 0 Å². The van der Waals surface area contributed by atoms with Crippen LogP contribution in [0.3, 0.4) is 0 Å². The molecule has 0 spiro atoms. The fourth-order valence-corrected chi connectivity index (χ4v) is 8.69. The van der Waals surface area contributed by atoms with Crippen LogP contribution in [0.25, 0.3) is 0 Å². The van der Waals surface area contributed by atoms with Crippen LogP contribution in [0.15, 0.2) is 72.9 Å². The van der Waals surface area contributed by atoms with Crippen molar-refractivity contribution < 1.29 is 42.9 Å². The predicted octanol–water partition coefficient (Wildman–Crippen LogP) is 17.2. The number of unbranched alkanes of at least 4 members (excludes halogenated alkanes) is 30. The predicted molar refractivity (Wildman–Crippen MR) is 315 cm³/mol. The fraction of sp³-hybridized carbons (Fsp3) is 0.773. The molecule has 0 rings (SSSR count). The molecular formula is C66H117NO8. The number of ether oxygens (including phenoxy) is 4. The molecule has 0 bridgehead atoms. The summed E-state index contributed by atoms with van der Waals surface area (Å²) in [5.74, 6) is -2.36. The number of likely N-dealkylation sites (N-methyl/N-ethyl adjacent to an activating group) is 1. The Bertz CT molecular complexity index is 1460. The molecule has 75 heavy (non-hydrogen) atoms. The van der Waals surface area contributed by atoms with Crippen molar-refractivity contribution in [3.05, 3.63) is 72.9 Å². The van der Waals surface area contributed by atoms with Crippen LogP contribution in [-0.4, -0.2) is 82.3 Å². The van der Waals surface area contributed by atoms with Gasteiger partial charge in [0.25, 0.3) is 0 Å². The first-order valence-corrected chi connectivity index (χ1v) is 31.1. The van der Waals surface area contributed by atoms with Gasteiger partial charge in [-0.1, -0.05) is 254 Å². The van der Waals surface area contributed by atoms with E-state index in [1.54, 1.807) is 0 Å². The van der Waals surface area contributed by atoms with Crippen LogP contribution in [0.5, 0.6) is 0 Å². The van der Waals surface area contributed by atoms with E-state index in [2.05, 4.69) is 86.8 Å². The van der Waals surface area contributed by atoms with E-state index in [0.717, 1.165) is 51.4 Å². The average Bonchev–Trinajstić information content (AvgIpc) is 3.38. The standard InChI is InChI=1S/C66H117NO8/c1-6-8-10-12-14-16-18-20-22-24-25-26-27-28-29-30-31-32-33-34-35-36-37-38-39-41-42-44-46-48-50-52-54-56-63(68)73-60-62(61-74-66(65(70)71)72-59-58-67(3,4)5)75-64(69)57-55-53-51-49-47-45-43-40-23-21-19-17-15-13-11-9-7-2/h9,11,15,17,21,23-25,43,45,49,51,62,66H,6-8,10,12-14,16,18-20,22,26-42,44,46-48,50,52-61H2,1-5H3/b11-9-,17-15-,23-21-,25-24-,45-43-,51-49-. The van der Waals surface area contributed by atoms with E-state index in [9.17, 15) is 19.5 Å². The van der Waals surface area contributed by atoms with Crippen molar-refractivity contribution in [1.82, 2.24) is 0 Å². The maximum Gasteiger partial charge on any atom is 0.306 e. The largest absolute Gasteiger partial charge is 0.545 e. The summed E-state index contributed by atoms with van der Waals surface area (Å²) in [6.07, 6.45) is 71.4. The van der Waals surface area contributed by atoms with Gasteiger partial charge in [0.2, 0.25) is 0 Å². The first-order chi connectivity index (χ1) is 36.6. The molecule has 0 amide bonds. The number of aliphatic carboxylic acids is 1. The normalized spacial score (nSPS) is 13.2. The number of nitrogens with zero attached hydrogens (tertiary/aromatic N) is 1. The van der Waals surface area contributed by atoms with Gasteiger partial charge in [0.05, 0.1) is 40.3 Å². The molecule has 0 aromatic carbocycles. The van der Waals surface area contributed by atoms with Gasteiger partial charge in [-0.3, -0.25) is 9.59 Å². The van der Waals surface area contributed by atoms with Crippen LogP contribution in [0, 0.1) is 0 Å². The maximum atomic E-state index is 12.8. The molecule has 9 heteroatoms. The molecule has 0 saturated heterocycles. The monoisotopic (exact) mass is 1050 g/mol. The molecular weight excluding hydrogens is 935 g/mol. The Morgan fingerprint density at radius 3 is 1.19 bits per heavy atom. The molecule has 2 atom stereocenters.